The number of aromatic nitrogens is 1. The van der Waals surface area contributed by atoms with E-state index in [1.54, 1.807) is 19.5 Å². The molecule has 0 aliphatic rings. The average molecular weight is 300 g/mol. The lowest BCUT2D eigenvalue weighted by Gasteiger charge is -2.12. The van der Waals surface area contributed by atoms with Crippen molar-refractivity contribution in [2.75, 3.05) is 13.7 Å². The van der Waals surface area contributed by atoms with Gasteiger partial charge in [0.05, 0.1) is 19.4 Å². The Morgan fingerprint density at radius 3 is 2.82 bits per heavy atom. The van der Waals surface area contributed by atoms with Crippen molar-refractivity contribution < 1.29 is 14.6 Å². The minimum absolute atomic E-state index is 0.0993. The first-order valence-electron chi connectivity index (χ1n) is 7.16. The zero-order valence-electron chi connectivity index (χ0n) is 12.5. The Bertz CT molecular complexity index is 602. The molecule has 2 rings (SSSR count). The number of nitrogens with one attached hydrogen (secondary N) is 1. The predicted octanol–water partition coefficient (Wildman–Crippen LogP) is 1.87. The molecule has 0 saturated heterocycles. The summed E-state index contributed by atoms with van der Waals surface area (Å²) in [7, 11) is 1.58. The van der Waals surface area contributed by atoms with Gasteiger partial charge in [0.1, 0.15) is 5.75 Å². The van der Waals surface area contributed by atoms with Crippen LogP contribution in [0.1, 0.15) is 23.7 Å². The summed E-state index contributed by atoms with van der Waals surface area (Å²) >= 11 is 0. The summed E-state index contributed by atoms with van der Waals surface area (Å²) in [5, 5.41) is 12.7. The van der Waals surface area contributed by atoms with Crippen molar-refractivity contribution in [1.82, 2.24) is 10.3 Å². The van der Waals surface area contributed by atoms with Gasteiger partial charge in [-0.2, -0.15) is 0 Å². The van der Waals surface area contributed by atoms with Crippen LogP contribution in [0.5, 0.6) is 5.75 Å². The van der Waals surface area contributed by atoms with Crippen LogP contribution in [-0.2, 0) is 11.2 Å². The Hall–Kier alpha value is -2.40. The number of benzene rings is 1. The fourth-order valence-electron chi connectivity index (χ4n) is 2.06. The number of aliphatic hydroxyl groups excluding tert-OH is 1. The van der Waals surface area contributed by atoms with Crippen LogP contribution in [0.4, 0.5) is 0 Å². The maximum Gasteiger partial charge on any atom is 0.220 e. The van der Waals surface area contributed by atoms with Gasteiger partial charge in [-0.3, -0.25) is 9.78 Å². The van der Waals surface area contributed by atoms with Crippen LogP contribution < -0.4 is 10.1 Å². The highest BCUT2D eigenvalue weighted by Crippen LogP contribution is 2.12. The van der Waals surface area contributed by atoms with Crippen molar-refractivity contribution in [3.8, 4) is 5.75 Å². The van der Waals surface area contributed by atoms with Crippen molar-refractivity contribution in [1.29, 1.82) is 0 Å². The molecule has 0 spiro atoms. The van der Waals surface area contributed by atoms with E-state index in [1.807, 2.05) is 36.4 Å². The monoisotopic (exact) mass is 300 g/mol. The highest BCUT2D eigenvalue weighted by molar-refractivity contribution is 5.76. The van der Waals surface area contributed by atoms with Gasteiger partial charge in [0.2, 0.25) is 5.91 Å². The summed E-state index contributed by atoms with van der Waals surface area (Å²) in [5.41, 5.74) is 1.73. The second-order valence-electron chi connectivity index (χ2n) is 4.96. The van der Waals surface area contributed by atoms with Gasteiger partial charge < -0.3 is 15.2 Å². The van der Waals surface area contributed by atoms with Crippen molar-refractivity contribution in [2.24, 2.45) is 0 Å². The SMILES string of the molecule is COc1cncc(CCC(=O)NCC(O)c2ccccc2)c1. The number of rotatable bonds is 7. The van der Waals surface area contributed by atoms with E-state index in [-0.39, 0.29) is 12.5 Å². The third-order valence-electron chi connectivity index (χ3n) is 3.32. The Balaban J connectivity index is 1.76. The van der Waals surface area contributed by atoms with Crippen molar-refractivity contribution >= 4 is 5.91 Å². The molecule has 116 valence electrons. The third-order valence-corrected chi connectivity index (χ3v) is 3.32. The fraction of sp³-hybridized carbons (Fsp3) is 0.294. The smallest absolute Gasteiger partial charge is 0.220 e. The van der Waals surface area contributed by atoms with E-state index >= 15 is 0 Å². The minimum Gasteiger partial charge on any atom is -0.495 e. The molecule has 1 atom stereocenters. The number of methoxy groups -OCH3 is 1. The maximum atomic E-state index is 11.8. The zero-order valence-corrected chi connectivity index (χ0v) is 12.5. The fourth-order valence-corrected chi connectivity index (χ4v) is 2.06. The Morgan fingerprint density at radius 2 is 2.09 bits per heavy atom. The van der Waals surface area contributed by atoms with Crippen LogP contribution >= 0.6 is 0 Å². The number of hydrogen-bond donors (Lipinski definition) is 2. The molecule has 1 unspecified atom stereocenters. The van der Waals surface area contributed by atoms with Crippen LogP contribution in [0.25, 0.3) is 0 Å². The minimum atomic E-state index is -0.691. The van der Waals surface area contributed by atoms with Gasteiger partial charge >= 0.3 is 0 Å². The third kappa shape index (κ3) is 4.86. The van der Waals surface area contributed by atoms with Crippen molar-refractivity contribution in [2.45, 2.75) is 18.9 Å². The molecule has 0 saturated carbocycles. The lowest BCUT2D eigenvalue weighted by molar-refractivity contribution is -0.121. The van der Waals surface area contributed by atoms with Crippen LogP contribution in [-0.4, -0.2) is 29.7 Å². The number of aliphatic hydroxyl groups is 1. The van der Waals surface area contributed by atoms with Crippen molar-refractivity contribution in [3.63, 3.8) is 0 Å². The second kappa shape index (κ2) is 8.14. The molecule has 1 amide bonds. The van der Waals surface area contributed by atoms with E-state index in [9.17, 15) is 9.90 Å². The first-order valence-corrected chi connectivity index (χ1v) is 7.16. The topological polar surface area (TPSA) is 71.5 Å². The maximum absolute atomic E-state index is 11.8. The average Bonchev–Trinajstić information content (AvgIpc) is 2.58. The summed E-state index contributed by atoms with van der Waals surface area (Å²) in [5.74, 6) is 0.579. The number of carbonyl (C=O) groups excluding carboxylic acids is 1. The van der Waals surface area contributed by atoms with Crippen LogP contribution in [0.2, 0.25) is 0 Å². The van der Waals surface area contributed by atoms with Crippen LogP contribution in [0, 0.1) is 0 Å². The predicted molar refractivity (Wildman–Crippen MR) is 83.5 cm³/mol. The van der Waals surface area contributed by atoms with E-state index in [2.05, 4.69) is 10.3 Å². The molecule has 0 aliphatic carbocycles. The molecule has 5 nitrogen and oxygen atoms in total. The van der Waals surface area contributed by atoms with E-state index in [4.69, 9.17) is 4.74 Å². The van der Waals surface area contributed by atoms with E-state index in [0.29, 0.717) is 18.6 Å². The Kier molecular flexibility index (Phi) is 5.91. The second-order valence-corrected chi connectivity index (χ2v) is 4.96. The molecular weight excluding hydrogens is 280 g/mol. The standard InChI is InChI=1S/C17H20N2O3/c1-22-15-9-13(10-18-11-15)7-8-17(21)19-12-16(20)14-5-3-2-4-6-14/h2-6,9-11,16,20H,7-8,12H2,1H3,(H,19,21). The molecule has 1 aromatic carbocycles. The number of amides is 1. The summed E-state index contributed by atoms with van der Waals surface area (Å²) in [6, 6.07) is 11.1. The quantitative estimate of drug-likeness (QED) is 0.819. The number of pyridine rings is 1. The Morgan fingerprint density at radius 1 is 1.32 bits per heavy atom. The lowest BCUT2D eigenvalue weighted by Crippen LogP contribution is -2.28. The van der Waals surface area contributed by atoms with Gasteiger partial charge in [-0.1, -0.05) is 30.3 Å². The lowest BCUT2D eigenvalue weighted by atomic mass is 10.1. The molecule has 0 bridgehead atoms. The first kappa shape index (κ1) is 16.0. The zero-order chi connectivity index (χ0) is 15.8. The van der Waals surface area contributed by atoms with Gasteiger partial charge in [-0.05, 0) is 23.6 Å². The highest BCUT2D eigenvalue weighted by Gasteiger charge is 2.09. The number of aryl methyl sites for hydroxylation is 1. The molecule has 0 aliphatic heterocycles. The van der Waals surface area contributed by atoms with Gasteiger partial charge in [0.25, 0.3) is 0 Å². The molecule has 0 fully saturated rings. The van der Waals surface area contributed by atoms with Crippen molar-refractivity contribution in [3.05, 3.63) is 59.9 Å². The highest BCUT2D eigenvalue weighted by atomic mass is 16.5. The molecule has 5 heteroatoms. The largest absolute Gasteiger partial charge is 0.495 e. The van der Waals surface area contributed by atoms with E-state index < -0.39 is 6.10 Å². The van der Waals surface area contributed by atoms with E-state index in [0.717, 1.165) is 11.1 Å². The molecule has 0 radical (unpaired) electrons. The molecule has 22 heavy (non-hydrogen) atoms. The van der Waals surface area contributed by atoms with E-state index in [1.165, 1.54) is 0 Å². The number of hydrogen-bond acceptors (Lipinski definition) is 4. The van der Waals surface area contributed by atoms with Gasteiger partial charge in [0.15, 0.2) is 0 Å². The number of carbonyl (C=O) groups is 1. The molecular formula is C17H20N2O3. The normalized spacial score (nSPS) is 11.7. The van der Waals surface area contributed by atoms with Gasteiger partial charge in [0, 0.05) is 19.2 Å². The summed E-state index contributed by atoms with van der Waals surface area (Å²) < 4.78 is 5.09. The summed E-state index contributed by atoms with van der Waals surface area (Å²) in [6.45, 7) is 0.208. The summed E-state index contributed by atoms with van der Waals surface area (Å²) in [4.78, 5) is 15.9. The van der Waals surface area contributed by atoms with Gasteiger partial charge in [-0.25, -0.2) is 0 Å². The molecule has 2 N–H and O–H groups in total. The Labute approximate surface area is 130 Å². The molecule has 2 aromatic rings. The molecule has 1 heterocycles. The summed E-state index contributed by atoms with van der Waals surface area (Å²) in [6.07, 6.45) is 3.58. The number of ether oxygens (including phenoxy) is 1. The van der Waals surface area contributed by atoms with Crippen LogP contribution in [0.3, 0.4) is 0 Å². The van der Waals surface area contributed by atoms with Gasteiger partial charge in [-0.15, -0.1) is 0 Å². The van der Waals surface area contributed by atoms with Crippen LogP contribution in [0.15, 0.2) is 48.8 Å². The molecule has 1 aromatic heterocycles. The first-order chi connectivity index (χ1) is 10.7. The number of nitrogens with zero attached hydrogens (tertiary/aromatic N) is 1.